The molecule has 4 amide bonds. The van der Waals surface area contributed by atoms with Crippen LogP contribution in [-0.4, -0.2) is 24.1 Å². The molecule has 0 fully saturated rings. The molecule has 2 aromatic carbocycles. The molecule has 0 bridgehead atoms. The molecule has 0 heterocycles. The minimum Gasteiger partial charge on any atom is -0.324 e. The summed E-state index contributed by atoms with van der Waals surface area (Å²) in [6, 6.07) is 14.4. The molecule has 132 valence electrons. The van der Waals surface area contributed by atoms with Gasteiger partial charge in [-0.1, -0.05) is 24.3 Å². The summed E-state index contributed by atoms with van der Waals surface area (Å²) in [4.78, 5) is 23.0. The molecule has 0 aliphatic heterocycles. The van der Waals surface area contributed by atoms with Gasteiger partial charge >= 0.3 is 12.1 Å². The number of carbonyl (C=O) groups is 2. The molecule has 0 saturated heterocycles. The molecule has 4 N–H and O–H groups in total. The highest BCUT2D eigenvalue weighted by molar-refractivity contribution is 6.19. The number of benzene rings is 2. The third kappa shape index (κ3) is 6.52. The maximum Gasteiger partial charge on any atom is 0.320 e. The van der Waals surface area contributed by atoms with Crippen molar-refractivity contribution in [3.8, 4) is 0 Å². The van der Waals surface area contributed by atoms with Crippen LogP contribution in [0.1, 0.15) is 11.1 Å². The summed E-state index contributed by atoms with van der Waals surface area (Å²) in [5, 5.41) is 10.3. The molecule has 25 heavy (non-hydrogen) atoms. The van der Waals surface area contributed by atoms with E-state index in [1.165, 1.54) is 0 Å². The lowest BCUT2D eigenvalue weighted by molar-refractivity contribution is 0.252. The number of hydrogen-bond donors (Lipinski definition) is 4. The zero-order chi connectivity index (χ0) is 18.1. The molecule has 0 radical (unpaired) electrons. The molecule has 0 spiro atoms. The van der Waals surface area contributed by atoms with Gasteiger partial charge in [-0.05, 0) is 41.8 Å². The second-order valence-electron chi connectivity index (χ2n) is 5.11. The quantitative estimate of drug-likeness (QED) is 0.452. The highest BCUT2D eigenvalue weighted by Gasteiger charge is 2.04. The van der Waals surface area contributed by atoms with E-state index in [4.69, 9.17) is 23.2 Å². The van der Waals surface area contributed by atoms with Gasteiger partial charge in [-0.2, -0.15) is 0 Å². The number of urea groups is 2. The molecule has 8 heteroatoms. The van der Waals surface area contributed by atoms with Gasteiger partial charge in [0.1, 0.15) is 0 Å². The molecule has 2 aromatic rings. The molecule has 0 aromatic heterocycles. The SMILES string of the molecule is O=C(NCCl)Nc1cccc(Cc2cccc(NC(=O)NCCl)c2)c1. The Labute approximate surface area is 155 Å². The molecule has 2 rings (SSSR count). The van der Waals surface area contributed by atoms with Gasteiger partial charge < -0.3 is 21.3 Å². The van der Waals surface area contributed by atoms with Crippen LogP contribution in [0.2, 0.25) is 0 Å². The molecule has 0 aliphatic carbocycles. The Kier molecular flexibility index (Phi) is 7.37. The lowest BCUT2D eigenvalue weighted by atomic mass is 10.0. The van der Waals surface area contributed by atoms with Crippen LogP contribution in [0, 0.1) is 0 Å². The number of nitrogens with one attached hydrogen (secondary N) is 4. The largest absolute Gasteiger partial charge is 0.324 e. The highest BCUT2D eigenvalue weighted by atomic mass is 35.5. The lowest BCUT2D eigenvalue weighted by Gasteiger charge is -2.09. The molecular formula is C17H18Cl2N4O2. The Morgan fingerprint density at radius 2 is 1.20 bits per heavy atom. The van der Waals surface area contributed by atoms with Crippen LogP contribution in [0.25, 0.3) is 0 Å². The first-order chi connectivity index (χ1) is 12.1. The number of amides is 4. The van der Waals surface area contributed by atoms with Gasteiger partial charge in [0.2, 0.25) is 0 Å². The van der Waals surface area contributed by atoms with Gasteiger partial charge in [-0.25, -0.2) is 9.59 Å². The number of halogens is 2. The Balaban J connectivity index is 2.04. The van der Waals surface area contributed by atoms with Crippen molar-refractivity contribution < 1.29 is 9.59 Å². The van der Waals surface area contributed by atoms with Crippen LogP contribution in [0.5, 0.6) is 0 Å². The van der Waals surface area contributed by atoms with Crippen LogP contribution in [0.15, 0.2) is 48.5 Å². The summed E-state index contributed by atoms with van der Waals surface area (Å²) < 4.78 is 0. The van der Waals surface area contributed by atoms with Crippen molar-refractivity contribution in [3.05, 3.63) is 59.7 Å². The average Bonchev–Trinajstić information content (AvgIpc) is 2.56. The number of alkyl halides is 2. The normalized spacial score (nSPS) is 10.0. The van der Waals surface area contributed by atoms with Gasteiger partial charge in [0.25, 0.3) is 0 Å². The van der Waals surface area contributed by atoms with Crippen molar-refractivity contribution in [3.63, 3.8) is 0 Å². The topological polar surface area (TPSA) is 82.3 Å². The molecule has 0 saturated carbocycles. The van der Waals surface area contributed by atoms with Crippen LogP contribution < -0.4 is 21.3 Å². The van der Waals surface area contributed by atoms with Gasteiger partial charge in [-0.3, -0.25) is 0 Å². The van der Waals surface area contributed by atoms with Crippen LogP contribution in [0.4, 0.5) is 21.0 Å². The summed E-state index contributed by atoms with van der Waals surface area (Å²) in [5.74, 6) is 0. The van der Waals surface area contributed by atoms with E-state index in [-0.39, 0.29) is 24.1 Å². The predicted molar refractivity (Wildman–Crippen MR) is 101 cm³/mol. The van der Waals surface area contributed by atoms with E-state index in [0.29, 0.717) is 17.8 Å². The predicted octanol–water partition coefficient (Wildman–Crippen LogP) is 3.91. The monoisotopic (exact) mass is 380 g/mol. The number of hydrogen-bond acceptors (Lipinski definition) is 2. The van der Waals surface area contributed by atoms with E-state index < -0.39 is 0 Å². The number of rotatable bonds is 6. The number of carbonyl (C=O) groups excluding carboxylic acids is 2. The van der Waals surface area contributed by atoms with Gasteiger partial charge in [0, 0.05) is 11.4 Å². The van der Waals surface area contributed by atoms with Gasteiger partial charge in [-0.15, -0.1) is 23.2 Å². The Hall–Kier alpha value is -2.44. The van der Waals surface area contributed by atoms with Crippen molar-refractivity contribution >= 4 is 46.6 Å². The molecule has 0 aliphatic rings. The fourth-order valence-corrected chi connectivity index (χ4v) is 2.47. The minimum absolute atomic E-state index is 0.0443. The lowest BCUT2D eigenvalue weighted by Crippen LogP contribution is -2.27. The fraction of sp³-hybridized carbons (Fsp3) is 0.176. The first-order valence-corrected chi connectivity index (χ1v) is 8.57. The summed E-state index contributed by atoms with van der Waals surface area (Å²) >= 11 is 10.9. The highest BCUT2D eigenvalue weighted by Crippen LogP contribution is 2.17. The van der Waals surface area contributed by atoms with Crippen LogP contribution in [0.3, 0.4) is 0 Å². The zero-order valence-corrected chi connectivity index (χ0v) is 14.8. The van der Waals surface area contributed by atoms with Crippen molar-refractivity contribution in [1.29, 1.82) is 0 Å². The Morgan fingerprint density at radius 3 is 1.60 bits per heavy atom. The van der Waals surface area contributed by atoms with E-state index in [2.05, 4.69) is 21.3 Å². The number of anilines is 2. The van der Waals surface area contributed by atoms with Crippen molar-refractivity contribution in [2.24, 2.45) is 0 Å². The maximum absolute atomic E-state index is 11.5. The third-order valence-electron chi connectivity index (χ3n) is 3.23. The maximum atomic E-state index is 11.5. The minimum atomic E-state index is -0.358. The van der Waals surface area contributed by atoms with E-state index in [1.54, 1.807) is 12.1 Å². The van der Waals surface area contributed by atoms with Crippen molar-refractivity contribution in [2.45, 2.75) is 6.42 Å². The van der Waals surface area contributed by atoms with Crippen molar-refractivity contribution in [2.75, 3.05) is 22.6 Å². The molecule has 6 nitrogen and oxygen atoms in total. The van der Waals surface area contributed by atoms with Gasteiger partial charge in [0.15, 0.2) is 0 Å². The first kappa shape index (κ1) is 18.9. The summed E-state index contributed by atoms with van der Waals surface area (Å²) in [6.45, 7) is 0. The smallest absolute Gasteiger partial charge is 0.320 e. The Morgan fingerprint density at radius 1 is 0.760 bits per heavy atom. The third-order valence-corrected chi connectivity index (χ3v) is 3.50. The van der Waals surface area contributed by atoms with E-state index in [1.807, 2.05) is 36.4 Å². The van der Waals surface area contributed by atoms with Crippen LogP contribution >= 0.6 is 23.2 Å². The molecule has 0 atom stereocenters. The van der Waals surface area contributed by atoms with E-state index in [9.17, 15) is 9.59 Å². The van der Waals surface area contributed by atoms with Gasteiger partial charge in [0.05, 0.1) is 12.0 Å². The van der Waals surface area contributed by atoms with E-state index >= 15 is 0 Å². The van der Waals surface area contributed by atoms with Crippen molar-refractivity contribution in [1.82, 2.24) is 10.6 Å². The fourth-order valence-electron chi connectivity index (χ4n) is 2.23. The second-order valence-corrected chi connectivity index (χ2v) is 5.64. The molecule has 0 unspecified atom stereocenters. The average molecular weight is 381 g/mol. The summed E-state index contributed by atoms with van der Waals surface area (Å²) in [7, 11) is 0. The standard InChI is InChI=1S/C17H18Cl2N4O2/c18-10-20-16(24)22-14-5-1-3-12(8-14)7-13-4-2-6-15(9-13)23-17(25)21-11-19/h1-6,8-9H,7,10-11H2,(H2,20,22,24)(H2,21,23,25). The van der Waals surface area contributed by atoms with E-state index in [0.717, 1.165) is 11.1 Å². The second kappa shape index (κ2) is 9.76. The summed E-state index contributed by atoms with van der Waals surface area (Å²) in [5.41, 5.74) is 3.39. The Bertz CT molecular complexity index is 679. The van der Waals surface area contributed by atoms with Crippen LogP contribution in [-0.2, 0) is 6.42 Å². The first-order valence-electron chi connectivity index (χ1n) is 7.50. The summed E-state index contributed by atoms with van der Waals surface area (Å²) in [6.07, 6.45) is 0.652. The molecular weight excluding hydrogens is 363 g/mol. The zero-order valence-electron chi connectivity index (χ0n) is 13.3.